The van der Waals surface area contributed by atoms with Crippen molar-refractivity contribution in [3.63, 3.8) is 0 Å². The lowest BCUT2D eigenvalue weighted by Gasteiger charge is -2.14. The van der Waals surface area contributed by atoms with Crippen molar-refractivity contribution in [2.24, 2.45) is 5.92 Å². The molecule has 25 heavy (non-hydrogen) atoms. The maximum Gasteiger partial charge on any atom is 0.224 e. The number of carbonyl (C=O) groups excluding carboxylic acids is 2. The lowest BCUT2D eigenvalue weighted by Crippen LogP contribution is -2.36. The van der Waals surface area contributed by atoms with Gasteiger partial charge in [0.15, 0.2) is 11.5 Å². The van der Waals surface area contributed by atoms with Crippen molar-refractivity contribution in [1.82, 2.24) is 10.6 Å². The van der Waals surface area contributed by atoms with Gasteiger partial charge in [0.05, 0.1) is 19.6 Å². The van der Waals surface area contributed by atoms with Crippen LogP contribution in [0.25, 0.3) is 0 Å². The second-order valence-electron chi connectivity index (χ2n) is 5.73. The first kappa shape index (κ1) is 21.3. The number of ether oxygens (including phenoxy) is 2. The van der Waals surface area contributed by atoms with Gasteiger partial charge >= 0.3 is 0 Å². The number of amides is 2. The number of hydrogen-bond donors (Lipinski definition) is 2. The van der Waals surface area contributed by atoms with Crippen LogP contribution in [0.2, 0.25) is 0 Å². The van der Waals surface area contributed by atoms with Crippen LogP contribution in [-0.4, -0.2) is 38.1 Å². The standard InChI is InChI=1S/C18H27BrN2O4/c1-5-24-15-9-13(14(19)11-16(15)25-6-2)10-17(22)20-7-8-21-18(23)12(3)4/h9,11-12H,5-8,10H2,1-4H3,(H,20,22)(H,21,23). The lowest BCUT2D eigenvalue weighted by atomic mass is 10.1. The Morgan fingerprint density at radius 1 is 1.04 bits per heavy atom. The van der Waals surface area contributed by atoms with Gasteiger partial charge in [-0.1, -0.05) is 29.8 Å². The maximum absolute atomic E-state index is 12.1. The molecule has 6 nitrogen and oxygen atoms in total. The molecule has 2 N–H and O–H groups in total. The summed E-state index contributed by atoms with van der Waals surface area (Å²) in [5.41, 5.74) is 0.815. The van der Waals surface area contributed by atoms with Crippen LogP contribution >= 0.6 is 15.9 Å². The zero-order chi connectivity index (χ0) is 18.8. The van der Waals surface area contributed by atoms with Crippen LogP contribution < -0.4 is 20.1 Å². The Kier molecular flexibility index (Phi) is 9.34. The predicted octanol–water partition coefficient (Wildman–Crippen LogP) is 2.68. The zero-order valence-corrected chi connectivity index (χ0v) is 16.9. The lowest BCUT2D eigenvalue weighted by molar-refractivity contribution is -0.124. The van der Waals surface area contributed by atoms with E-state index in [1.165, 1.54) is 0 Å². The molecule has 0 bridgehead atoms. The van der Waals surface area contributed by atoms with Crippen molar-refractivity contribution in [1.29, 1.82) is 0 Å². The molecule has 0 aliphatic heterocycles. The molecule has 7 heteroatoms. The summed E-state index contributed by atoms with van der Waals surface area (Å²) in [5, 5.41) is 5.56. The summed E-state index contributed by atoms with van der Waals surface area (Å²) in [6.45, 7) is 9.32. The number of carbonyl (C=O) groups is 2. The topological polar surface area (TPSA) is 76.7 Å². The third kappa shape index (κ3) is 7.34. The number of hydrogen-bond acceptors (Lipinski definition) is 4. The van der Waals surface area contributed by atoms with Gasteiger partial charge < -0.3 is 20.1 Å². The normalized spacial score (nSPS) is 10.5. The van der Waals surface area contributed by atoms with Crippen LogP contribution in [0.1, 0.15) is 33.3 Å². The van der Waals surface area contributed by atoms with Gasteiger partial charge in [0.1, 0.15) is 0 Å². The van der Waals surface area contributed by atoms with Crippen LogP contribution in [0.5, 0.6) is 11.5 Å². The van der Waals surface area contributed by atoms with Crippen molar-refractivity contribution in [2.75, 3.05) is 26.3 Å². The van der Waals surface area contributed by atoms with E-state index in [9.17, 15) is 9.59 Å². The van der Waals surface area contributed by atoms with Crippen molar-refractivity contribution in [3.8, 4) is 11.5 Å². The fraction of sp³-hybridized carbons (Fsp3) is 0.556. The largest absolute Gasteiger partial charge is 0.490 e. The summed E-state index contributed by atoms with van der Waals surface area (Å²) in [4.78, 5) is 23.6. The van der Waals surface area contributed by atoms with E-state index in [2.05, 4.69) is 26.6 Å². The van der Waals surface area contributed by atoms with E-state index in [1.807, 2.05) is 39.8 Å². The number of rotatable bonds is 10. The van der Waals surface area contributed by atoms with E-state index in [1.54, 1.807) is 0 Å². The first-order chi connectivity index (χ1) is 11.9. The molecule has 0 saturated heterocycles. The maximum atomic E-state index is 12.1. The number of halogens is 1. The molecule has 0 unspecified atom stereocenters. The summed E-state index contributed by atoms with van der Waals surface area (Å²) < 4.78 is 11.9. The molecule has 1 rings (SSSR count). The Morgan fingerprint density at radius 2 is 1.60 bits per heavy atom. The van der Waals surface area contributed by atoms with Crippen molar-refractivity contribution < 1.29 is 19.1 Å². The highest BCUT2D eigenvalue weighted by Gasteiger charge is 2.13. The van der Waals surface area contributed by atoms with Gasteiger partial charge in [0, 0.05) is 23.5 Å². The number of benzene rings is 1. The van der Waals surface area contributed by atoms with Crippen LogP contribution in [-0.2, 0) is 16.0 Å². The molecule has 1 aromatic carbocycles. The van der Waals surface area contributed by atoms with Crippen molar-refractivity contribution >= 4 is 27.7 Å². The fourth-order valence-electron chi connectivity index (χ4n) is 2.08. The highest BCUT2D eigenvalue weighted by atomic mass is 79.9. The highest BCUT2D eigenvalue weighted by molar-refractivity contribution is 9.10. The molecule has 0 aromatic heterocycles. The van der Waals surface area contributed by atoms with E-state index in [4.69, 9.17) is 9.47 Å². The zero-order valence-electron chi connectivity index (χ0n) is 15.3. The molecule has 0 heterocycles. The van der Waals surface area contributed by atoms with Crippen LogP contribution in [0.4, 0.5) is 0 Å². The minimum Gasteiger partial charge on any atom is -0.490 e. The second-order valence-corrected chi connectivity index (χ2v) is 6.58. The van der Waals surface area contributed by atoms with Gasteiger partial charge in [-0.3, -0.25) is 9.59 Å². The SMILES string of the molecule is CCOc1cc(Br)c(CC(=O)NCCNC(=O)C(C)C)cc1OCC. The van der Waals surface area contributed by atoms with Crippen LogP contribution in [0.15, 0.2) is 16.6 Å². The molecule has 0 atom stereocenters. The minimum absolute atomic E-state index is 0.0233. The molecule has 2 amide bonds. The molecule has 0 spiro atoms. The Bertz CT molecular complexity index is 591. The van der Waals surface area contributed by atoms with E-state index < -0.39 is 0 Å². The Morgan fingerprint density at radius 3 is 2.16 bits per heavy atom. The molecule has 140 valence electrons. The van der Waals surface area contributed by atoms with Gasteiger partial charge in [-0.05, 0) is 31.5 Å². The van der Waals surface area contributed by atoms with E-state index >= 15 is 0 Å². The predicted molar refractivity (Wildman–Crippen MR) is 101 cm³/mol. The van der Waals surface area contributed by atoms with Crippen LogP contribution in [0, 0.1) is 5.92 Å². The second kappa shape index (κ2) is 11.0. The van der Waals surface area contributed by atoms with Gasteiger partial charge in [-0.25, -0.2) is 0 Å². The quantitative estimate of drug-likeness (QED) is 0.577. The first-order valence-corrected chi connectivity index (χ1v) is 9.30. The summed E-state index contributed by atoms with van der Waals surface area (Å²) >= 11 is 3.48. The number of nitrogens with one attached hydrogen (secondary N) is 2. The van der Waals surface area contributed by atoms with Gasteiger partial charge in [0.25, 0.3) is 0 Å². The molecule has 0 radical (unpaired) electrons. The first-order valence-electron chi connectivity index (χ1n) is 8.51. The average Bonchev–Trinajstić information content (AvgIpc) is 2.55. The molecule has 0 fully saturated rings. The third-order valence-corrected chi connectivity index (χ3v) is 4.07. The van der Waals surface area contributed by atoms with E-state index in [0.717, 1.165) is 10.0 Å². The Hall–Kier alpha value is -1.76. The monoisotopic (exact) mass is 414 g/mol. The molecule has 0 saturated carbocycles. The highest BCUT2D eigenvalue weighted by Crippen LogP contribution is 2.34. The molecule has 0 aliphatic rings. The van der Waals surface area contributed by atoms with Crippen LogP contribution in [0.3, 0.4) is 0 Å². The third-order valence-electron chi connectivity index (χ3n) is 3.33. The van der Waals surface area contributed by atoms with Gasteiger partial charge in [-0.15, -0.1) is 0 Å². The Labute approximate surface area is 157 Å². The van der Waals surface area contributed by atoms with Gasteiger partial charge in [-0.2, -0.15) is 0 Å². The van der Waals surface area contributed by atoms with E-state index in [0.29, 0.717) is 37.8 Å². The van der Waals surface area contributed by atoms with Gasteiger partial charge in [0.2, 0.25) is 11.8 Å². The average molecular weight is 415 g/mol. The summed E-state index contributed by atoms with van der Waals surface area (Å²) in [7, 11) is 0. The van der Waals surface area contributed by atoms with E-state index in [-0.39, 0.29) is 24.2 Å². The minimum atomic E-state index is -0.119. The molecular formula is C18H27BrN2O4. The molecule has 1 aromatic rings. The summed E-state index contributed by atoms with van der Waals surface area (Å²) in [6.07, 6.45) is 0.213. The van der Waals surface area contributed by atoms with Crippen molar-refractivity contribution in [3.05, 3.63) is 22.2 Å². The summed E-state index contributed by atoms with van der Waals surface area (Å²) in [6, 6.07) is 3.64. The Balaban J connectivity index is 2.61. The fourth-order valence-corrected chi connectivity index (χ4v) is 2.54. The smallest absolute Gasteiger partial charge is 0.224 e. The molecular weight excluding hydrogens is 388 g/mol. The van der Waals surface area contributed by atoms with Crippen molar-refractivity contribution in [2.45, 2.75) is 34.1 Å². The molecule has 0 aliphatic carbocycles. The summed E-state index contributed by atoms with van der Waals surface area (Å²) in [5.74, 6) is 1.07.